The Morgan fingerprint density at radius 1 is 0.840 bits per heavy atom. The van der Waals surface area contributed by atoms with Crippen molar-refractivity contribution in [2.75, 3.05) is 13.1 Å². The summed E-state index contributed by atoms with van der Waals surface area (Å²) in [4.78, 5) is 39.3. The molecule has 2 aliphatic rings. The average molecular weight is 331 g/mol. The van der Waals surface area contributed by atoms with Gasteiger partial charge in [-0.15, -0.1) is 0 Å². The molecule has 1 aliphatic heterocycles. The molecular weight excluding hydrogens is 314 g/mol. The molecule has 1 aliphatic carbocycles. The van der Waals surface area contributed by atoms with Gasteiger partial charge in [-0.2, -0.15) is 0 Å². The van der Waals surface area contributed by atoms with E-state index in [1.165, 1.54) is 0 Å². The predicted molar refractivity (Wildman–Crippen MR) is 94.6 cm³/mol. The molecule has 25 heavy (non-hydrogen) atoms. The lowest BCUT2D eigenvalue weighted by Gasteiger charge is -2.21. The fraction of sp³-hybridized carbons (Fsp3) is 0.190. The van der Waals surface area contributed by atoms with E-state index in [0.717, 1.165) is 32.2 Å². The fourth-order valence-corrected chi connectivity index (χ4v) is 3.63. The zero-order valence-electron chi connectivity index (χ0n) is 13.7. The molecule has 124 valence electrons. The van der Waals surface area contributed by atoms with Gasteiger partial charge in [0, 0.05) is 35.3 Å². The molecule has 2 aromatic rings. The van der Waals surface area contributed by atoms with Crippen molar-refractivity contribution in [3.63, 3.8) is 0 Å². The number of nitrogens with zero attached hydrogens (tertiary/aromatic N) is 1. The summed E-state index contributed by atoms with van der Waals surface area (Å²) in [5.74, 6) is -0.307. The van der Waals surface area contributed by atoms with Gasteiger partial charge in [-0.05, 0) is 24.5 Å². The Bertz CT molecular complexity index is 920. The van der Waals surface area contributed by atoms with Crippen molar-refractivity contribution in [2.45, 2.75) is 12.8 Å². The van der Waals surface area contributed by atoms with E-state index >= 15 is 0 Å². The van der Waals surface area contributed by atoms with Gasteiger partial charge in [0.05, 0.1) is 5.70 Å². The number of benzene rings is 2. The van der Waals surface area contributed by atoms with Crippen molar-refractivity contribution >= 4 is 23.9 Å². The van der Waals surface area contributed by atoms with Crippen LogP contribution < -0.4 is 0 Å². The van der Waals surface area contributed by atoms with Crippen molar-refractivity contribution in [3.8, 4) is 0 Å². The van der Waals surface area contributed by atoms with Crippen LogP contribution in [0.4, 0.5) is 0 Å². The fourth-order valence-electron chi connectivity index (χ4n) is 3.63. The van der Waals surface area contributed by atoms with Gasteiger partial charge >= 0.3 is 0 Å². The highest BCUT2D eigenvalue weighted by Gasteiger charge is 2.31. The van der Waals surface area contributed by atoms with Crippen molar-refractivity contribution in [1.82, 2.24) is 4.90 Å². The first-order valence-electron chi connectivity index (χ1n) is 8.44. The van der Waals surface area contributed by atoms with Crippen molar-refractivity contribution in [1.29, 1.82) is 0 Å². The Labute approximate surface area is 145 Å². The summed E-state index contributed by atoms with van der Waals surface area (Å²) >= 11 is 0. The van der Waals surface area contributed by atoms with Gasteiger partial charge in [-0.25, -0.2) is 0 Å². The number of aldehydes is 1. The van der Waals surface area contributed by atoms with Gasteiger partial charge in [-0.1, -0.05) is 42.5 Å². The smallest absolute Gasteiger partial charge is 0.195 e. The molecule has 1 fully saturated rings. The monoisotopic (exact) mass is 331 g/mol. The average Bonchev–Trinajstić information content (AvgIpc) is 3.18. The maximum absolute atomic E-state index is 13.0. The van der Waals surface area contributed by atoms with E-state index in [1.807, 2.05) is 4.90 Å². The van der Waals surface area contributed by atoms with Crippen LogP contribution in [0, 0.1) is 0 Å². The number of allylic oxidation sites excluding steroid dienone is 1. The SMILES string of the molecule is O=C/C(=C\c1cccc2c1C(=O)c1ccccc1C2=O)N1CCCC1. The largest absolute Gasteiger partial charge is 0.369 e. The summed E-state index contributed by atoms with van der Waals surface area (Å²) in [6.45, 7) is 1.69. The van der Waals surface area contributed by atoms with Crippen molar-refractivity contribution < 1.29 is 14.4 Å². The molecule has 1 heterocycles. The third-order valence-electron chi connectivity index (χ3n) is 4.88. The van der Waals surface area contributed by atoms with Crippen LogP contribution in [0.2, 0.25) is 0 Å². The van der Waals surface area contributed by atoms with Crippen molar-refractivity contribution in [2.24, 2.45) is 0 Å². The molecule has 0 saturated carbocycles. The Morgan fingerprint density at radius 3 is 2.16 bits per heavy atom. The number of ketones is 2. The van der Waals surface area contributed by atoms with E-state index in [1.54, 1.807) is 48.5 Å². The lowest BCUT2D eigenvalue weighted by Crippen LogP contribution is -2.23. The second-order valence-corrected chi connectivity index (χ2v) is 6.35. The molecule has 0 unspecified atom stereocenters. The molecule has 4 heteroatoms. The van der Waals surface area contributed by atoms with E-state index in [9.17, 15) is 14.4 Å². The Hall–Kier alpha value is -3.01. The summed E-state index contributed by atoms with van der Waals surface area (Å²) in [6.07, 6.45) is 4.68. The number of fused-ring (bicyclic) bond motifs is 2. The highest BCUT2D eigenvalue weighted by atomic mass is 16.1. The molecular formula is C21H17NO3. The second-order valence-electron chi connectivity index (χ2n) is 6.35. The first-order valence-corrected chi connectivity index (χ1v) is 8.44. The molecule has 4 nitrogen and oxygen atoms in total. The summed E-state index contributed by atoms with van der Waals surface area (Å²) in [5.41, 5.74) is 2.85. The molecule has 0 bridgehead atoms. The van der Waals surface area contributed by atoms with Gasteiger partial charge in [0.2, 0.25) is 0 Å². The molecule has 0 N–H and O–H groups in total. The molecule has 0 spiro atoms. The number of hydrogen-bond donors (Lipinski definition) is 0. The normalized spacial score (nSPS) is 16.6. The minimum Gasteiger partial charge on any atom is -0.369 e. The van der Waals surface area contributed by atoms with Gasteiger partial charge in [-0.3, -0.25) is 14.4 Å². The van der Waals surface area contributed by atoms with Crippen LogP contribution in [0.1, 0.15) is 50.2 Å². The number of hydrogen-bond acceptors (Lipinski definition) is 4. The number of likely N-dealkylation sites (tertiary alicyclic amines) is 1. The zero-order chi connectivity index (χ0) is 17.4. The zero-order valence-corrected chi connectivity index (χ0v) is 13.7. The third kappa shape index (κ3) is 2.50. The Kier molecular flexibility index (Phi) is 3.80. The minimum atomic E-state index is -0.163. The topological polar surface area (TPSA) is 54.5 Å². The quantitative estimate of drug-likeness (QED) is 0.547. The van der Waals surface area contributed by atoms with E-state index < -0.39 is 0 Å². The summed E-state index contributed by atoms with van der Waals surface area (Å²) < 4.78 is 0. The number of carbonyl (C=O) groups is 3. The van der Waals surface area contributed by atoms with Crippen molar-refractivity contribution in [3.05, 3.63) is 76.0 Å². The van der Waals surface area contributed by atoms with E-state index in [4.69, 9.17) is 0 Å². The summed E-state index contributed by atoms with van der Waals surface area (Å²) in [6, 6.07) is 12.1. The molecule has 2 aromatic carbocycles. The highest BCUT2D eigenvalue weighted by Crippen LogP contribution is 2.30. The van der Waals surface area contributed by atoms with Crippen LogP contribution in [0.5, 0.6) is 0 Å². The molecule has 0 atom stereocenters. The standard InChI is InChI=1S/C21H17NO3/c23-13-15(22-10-3-4-11-22)12-14-6-5-9-18-19(14)21(25)17-8-2-1-7-16(17)20(18)24/h1-2,5-9,12-13H,3-4,10-11H2/b15-12+. The van der Waals surface area contributed by atoms with Gasteiger partial charge in [0.25, 0.3) is 0 Å². The Morgan fingerprint density at radius 2 is 1.48 bits per heavy atom. The number of rotatable bonds is 3. The van der Waals surface area contributed by atoms with Crippen LogP contribution in [0.25, 0.3) is 6.08 Å². The number of carbonyl (C=O) groups excluding carboxylic acids is 3. The molecule has 0 amide bonds. The van der Waals surface area contributed by atoms with E-state index in [-0.39, 0.29) is 11.6 Å². The first kappa shape index (κ1) is 15.5. The van der Waals surface area contributed by atoms with Crippen LogP contribution in [0.3, 0.4) is 0 Å². The summed E-state index contributed by atoms with van der Waals surface area (Å²) in [5, 5.41) is 0. The predicted octanol–water partition coefficient (Wildman–Crippen LogP) is 3.10. The lowest BCUT2D eigenvalue weighted by molar-refractivity contribution is -0.106. The lowest BCUT2D eigenvalue weighted by atomic mass is 9.82. The first-order chi connectivity index (χ1) is 12.2. The van der Waals surface area contributed by atoms with E-state index in [0.29, 0.717) is 33.5 Å². The molecule has 4 rings (SSSR count). The maximum Gasteiger partial charge on any atom is 0.195 e. The van der Waals surface area contributed by atoms with Gasteiger partial charge in [0.15, 0.2) is 17.9 Å². The van der Waals surface area contributed by atoms with E-state index in [2.05, 4.69) is 0 Å². The minimum absolute atomic E-state index is 0.144. The maximum atomic E-state index is 13.0. The summed E-state index contributed by atoms with van der Waals surface area (Å²) in [7, 11) is 0. The van der Waals surface area contributed by atoms with Crippen LogP contribution in [-0.2, 0) is 4.79 Å². The van der Waals surface area contributed by atoms with Crippen LogP contribution in [0.15, 0.2) is 48.2 Å². The third-order valence-corrected chi connectivity index (χ3v) is 4.88. The molecule has 0 radical (unpaired) electrons. The van der Waals surface area contributed by atoms with Crippen LogP contribution >= 0.6 is 0 Å². The highest BCUT2D eigenvalue weighted by molar-refractivity contribution is 6.29. The van der Waals surface area contributed by atoms with Crippen LogP contribution in [-0.4, -0.2) is 35.8 Å². The van der Waals surface area contributed by atoms with Gasteiger partial charge < -0.3 is 4.90 Å². The Balaban J connectivity index is 1.86. The molecule has 1 saturated heterocycles. The van der Waals surface area contributed by atoms with Gasteiger partial charge in [0.1, 0.15) is 0 Å². The second kappa shape index (κ2) is 6.13. The molecule has 0 aromatic heterocycles.